The minimum Gasteiger partial charge on any atom is -0.398 e. The normalized spacial score (nSPS) is 10.8. The monoisotopic (exact) mass is 245 g/mol. The molecular formula is C14H16FN3. The van der Waals surface area contributed by atoms with Crippen LogP contribution in [0.3, 0.4) is 0 Å². The lowest BCUT2D eigenvalue weighted by molar-refractivity contribution is 0.319. The zero-order valence-corrected chi connectivity index (χ0v) is 10.3. The molecule has 0 atom stereocenters. The van der Waals surface area contributed by atoms with E-state index in [2.05, 4.69) is 9.88 Å². The van der Waals surface area contributed by atoms with E-state index in [0.717, 1.165) is 12.1 Å². The van der Waals surface area contributed by atoms with E-state index in [1.807, 2.05) is 19.2 Å². The first-order chi connectivity index (χ1) is 8.65. The number of nitrogens with zero attached hydrogens (tertiary/aromatic N) is 2. The van der Waals surface area contributed by atoms with Gasteiger partial charge in [0.05, 0.1) is 0 Å². The Morgan fingerprint density at radius 3 is 2.61 bits per heavy atom. The molecular weight excluding hydrogens is 229 g/mol. The third-order valence-corrected chi connectivity index (χ3v) is 2.75. The lowest BCUT2D eigenvalue weighted by Crippen LogP contribution is -2.18. The summed E-state index contributed by atoms with van der Waals surface area (Å²) in [6.07, 6.45) is 3.53. The molecule has 0 radical (unpaired) electrons. The van der Waals surface area contributed by atoms with Crippen LogP contribution in [0.4, 0.5) is 10.1 Å². The molecule has 0 aliphatic rings. The minimum atomic E-state index is -0.253. The second kappa shape index (κ2) is 5.60. The maximum absolute atomic E-state index is 13.1. The van der Waals surface area contributed by atoms with Gasteiger partial charge in [-0.15, -0.1) is 0 Å². The van der Waals surface area contributed by atoms with E-state index < -0.39 is 0 Å². The standard InChI is InChI=1S/C14H16FN3/c1-18(9-11-4-6-17-7-5-11)10-12-8-13(15)2-3-14(12)16/h2-8H,9-10,16H2,1H3. The molecule has 18 heavy (non-hydrogen) atoms. The maximum Gasteiger partial charge on any atom is 0.123 e. The number of halogens is 1. The Kier molecular flexibility index (Phi) is 3.89. The Bertz CT molecular complexity index is 514. The molecule has 0 saturated carbocycles. The number of pyridine rings is 1. The Morgan fingerprint density at radius 1 is 1.17 bits per heavy atom. The molecule has 1 heterocycles. The fourth-order valence-electron chi connectivity index (χ4n) is 1.86. The number of aromatic nitrogens is 1. The van der Waals surface area contributed by atoms with E-state index in [1.165, 1.54) is 17.7 Å². The van der Waals surface area contributed by atoms with Crippen LogP contribution in [-0.4, -0.2) is 16.9 Å². The highest BCUT2D eigenvalue weighted by Gasteiger charge is 2.06. The Balaban J connectivity index is 2.03. The Hall–Kier alpha value is -1.94. The number of rotatable bonds is 4. The van der Waals surface area contributed by atoms with Crippen molar-refractivity contribution in [2.45, 2.75) is 13.1 Å². The van der Waals surface area contributed by atoms with Gasteiger partial charge < -0.3 is 5.73 Å². The van der Waals surface area contributed by atoms with Gasteiger partial charge in [0.2, 0.25) is 0 Å². The third-order valence-electron chi connectivity index (χ3n) is 2.75. The summed E-state index contributed by atoms with van der Waals surface area (Å²) < 4.78 is 13.1. The second-order valence-electron chi connectivity index (χ2n) is 4.37. The fourth-order valence-corrected chi connectivity index (χ4v) is 1.86. The first-order valence-corrected chi connectivity index (χ1v) is 5.76. The molecule has 0 unspecified atom stereocenters. The lowest BCUT2D eigenvalue weighted by Gasteiger charge is -2.17. The topological polar surface area (TPSA) is 42.2 Å². The Labute approximate surface area is 106 Å². The van der Waals surface area contributed by atoms with Crippen LogP contribution in [0, 0.1) is 5.82 Å². The molecule has 2 N–H and O–H groups in total. The molecule has 0 saturated heterocycles. The quantitative estimate of drug-likeness (QED) is 0.841. The van der Waals surface area contributed by atoms with Crippen molar-refractivity contribution in [3.63, 3.8) is 0 Å². The van der Waals surface area contributed by atoms with Crippen molar-refractivity contribution in [3.8, 4) is 0 Å². The highest BCUT2D eigenvalue weighted by molar-refractivity contribution is 5.46. The summed E-state index contributed by atoms with van der Waals surface area (Å²) in [7, 11) is 1.98. The van der Waals surface area contributed by atoms with E-state index in [9.17, 15) is 4.39 Å². The van der Waals surface area contributed by atoms with Crippen LogP contribution in [0.5, 0.6) is 0 Å². The molecule has 94 valence electrons. The predicted molar refractivity (Wildman–Crippen MR) is 70.2 cm³/mol. The first kappa shape index (κ1) is 12.5. The van der Waals surface area contributed by atoms with Gasteiger partial charge in [-0.3, -0.25) is 9.88 Å². The van der Waals surface area contributed by atoms with Crippen LogP contribution in [0.15, 0.2) is 42.7 Å². The number of hydrogen-bond donors (Lipinski definition) is 1. The molecule has 2 aromatic rings. The van der Waals surface area contributed by atoms with Crippen LogP contribution in [0.2, 0.25) is 0 Å². The molecule has 0 aliphatic carbocycles. The summed E-state index contributed by atoms with van der Waals surface area (Å²) in [4.78, 5) is 6.06. The molecule has 2 rings (SSSR count). The van der Waals surface area contributed by atoms with Gasteiger partial charge in [0.25, 0.3) is 0 Å². The van der Waals surface area contributed by atoms with E-state index >= 15 is 0 Å². The number of nitrogen functional groups attached to an aromatic ring is 1. The van der Waals surface area contributed by atoms with Crippen molar-refractivity contribution in [3.05, 3.63) is 59.7 Å². The van der Waals surface area contributed by atoms with E-state index in [0.29, 0.717) is 12.2 Å². The summed E-state index contributed by atoms with van der Waals surface area (Å²) in [6, 6.07) is 8.39. The second-order valence-corrected chi connectivity index (χ2v) is 4.37. The number of hydrogen-bond acceptors (Lipinski definition) is 3. The highest BCUT2D eigenvalue weighted by atomic mass is 19.1. The SMILES string of the molecule is CN(Cc1ccncc1)Cc1cc(F)ccc1N. The van der Waals surface area contributed by atoms with Gasteiger partial charge in [0.1, 0.15) is 5.82 Å². The molecule has 0 bridgehead atoms. The van der Waals surface area contributed by atoms with Gasteiger partial charge in [-0.25, -0.2) is 4.39 Å². The summed E-state index contributed by atoms with van der Waals surface area (Å²) in [5.41, 5.74) is 8.43. The molecule has 3 nitrogen and oxygen atoms in total. The van der Waals surface area contributed by atoms with Crippen LogP contribution < -0.4 is 5.73 Å². The molecule has 0 spiro atoms. The highest BCUT2D eigenvalue weighted by Crippen LogP contribution is 2.16. The molecule has 0 amide bonds. The van der Waals surface area contributed by atoms with Crippen molar-refractivity contribution in [1.82, 2.24) is 9.88 Å². The smallest absolute Gasteiger partial charge is 0.123 e. The van der Waals surface area contributed by atoms with E-state index in [-0.39, 0.29) is 5.82 Å². The maximum atomic E-state index is 13.1. The summed E-state index contributed by atoms with van der Waals surface area (Å²) >= 11 is 0. The minimum absolute atomic E-state index is 0.253. The first-order valence-electron chi connectivity index (χ1n) is 5.76. The van der Waals surface area contributed by atoms with Gasteiger partial charge in [-0.1, -0.05) is 0 Å². The van der Waals surface area contributed by atoms with Crippen LogP contribution in [-0.2, 0) is 13.1 Å². The van der Waals surface area contributed by atoms with E-state index in [1.54, 1.807) is 18.5 Å². The van der Waals surface area contributed by atoms with Crippen LogP contribution in [0.1, 0.15) is 11.1 Å². The molecule has 1 aromatic carbocycles. The van der Waals surface area contributed by atoms with Gasteiger partial charge in [-0.05, 0) is 48.5 Å². The van der Waals surface area contributed by atoms with Crippen molar-refractivity contribution in [2.75, 3.05) is 12.8 Å². The van der Waals surface area contributed by atoms with Gasteiger partial charge in [0, 0.05) is 31.2 Å². The van der Waals surface area contributed by atoms with Crippen LogP contribution >= 0.6 is 0 Å². The Morgan fingerprint density at radius 2 is 1.89 bits per heavy atom. The third kappa shape index (κ3) is 3.28. The number of benzene rings is 1. The number of anilines is 1. The summed E-state index contributed by atoms with van der Waals surface area (Å²) in [6.45, 7) is 1.39. The average molecular weight is 245 g/mol. The number of nitrogens with two attached hydrogens (primary N) is 1. The van der Waals surface area contributed by atoms with Gasteiger partial charge in [0.15, 0.2) is 0 Å². The zero-order chi connectivity index (χ0) is 13.0. The van der Waals surface area contributed by atoms with Crippen molar-refractivity contribution in [2.24, 2.45) is 0 Å². The van der Waals surface area contributed by atoms with Crippen molar-refractivity contribution < 1.29 is 4.39 Å². The van der Waals surface area contributed by atoms with Gasteiger partial charge in [-0.2, -0.15) is 0 Å². The molecule has 0 fully saturated rings. The summed E-state index contributed by atoms with van der Waals surface area (Å²) in [5, 5.41) is 0. The van der Waals surface area contributed by atoms with E-state index in [4.69, 9.17) is 5.73 Å². The zero-order valence-electron chi connectivity index (χ0n) is 10.3. The largest absolute Gasteiger partial charge is 0.398 e. The van der Waals surface area contributed by atoms with Gasteiger partial charge >= 0.3 is 0 Å². The lowest BCUT2D eigenvalue weighted by atomic mass is 10.1. The van der Waals surface area contributed by atoms with Crippen LogP contribution in [0.25, 0.3) is 0 Å². The molecule has 4 heteroatoms. The fraction of sp³-hybridized carbons (Fsp3) is 0.214. The average Bonchev–Trinajstić information content (AvgIpc) is 2.35. The molecule has 0 aliphatic heterocycles. The predicted octanol–water partition coefficient (Wildman–Crippen LogP) is 2.43. The summed E-state index contributed by atoms with van der Waals surface area (Å²) in [5.74, 6) is -0.253. The van der Waals surface area contributed by atoms with Crippen molar-refractivity contribution in [1.29, 1.82) is 0 Å². The van der Waals surface area contributed by atoms with Crippen molar-refractivity contribution >= 4 is 5.69 Å². The molecule has 1 aromatic heterocycles.